The summed E-state index contributed by atoms with van der Waals surface area (Å²) >= 11 is 3.36. The summed E-state index contributed by atoms with van der Waals surface area (Å²) in [6.45, 7) is 10.1. The monoisotopic (exact) mass is 535 g/mol. The molecule has 0 saturated heterocycles. The topological polar surface area (TPSA) is 77.8 Å². The summed E-state index contributed by atoms with van der Waals surface area (Å²) in [4.78, 5) is 27.7. The summed E-state index contributed by atoms with van der Waals surface area (Å²) in [5.41, 5.74) is 5.54. The SMILES string of the molecule is CCC(/C=C1\Sc2ccc(C)cc2N1CC(C)C(=O)O)=C\c1sc2ccc(C)cc2c1CC(C)C(=O)O. The molecule has 0 bridgehead atoms. The highest BCUT2D eigenvalue weighted by Gasteiger charge is 2.28. The molecule has 194 valence electrons. The second-order valence-corrected chi connectivity index (χ2v) is 12.0. The first kappa shape index (κ1) is 27.0. The zero-order valence-corrected chi connectivity index (χ0v) is 23.5. The van der Waals surface area contributed by atoms with E-state index in [1.807, 2.05) is 6.92 Å². The van der Waals surface area contributed by atoms with E-state index >= 15 is 0 Å². The second kappa shape index (κ2) is 11.2. The number of nitrogens with zero attached hydrogens (tertiary/aromatic N) is 1. The van der Waals surface area contributed by atoms with Crippen LogP contribution in [0.5, 0.6) is 0 Å². The van der Waals surface area contributed by atoms with Gasteiger partial charge >= 0.3 is 11.9 Å². The van der Waals surface area contributed by atoms with E-state index in [-0.39, 0.29) is 0 Å². The number of allylic oxidation sites excluding steroid dienone is 2. The number of benzene rings is 2. The molecule has 2 atom stereocenters. The lowest BCUT2D eigenvalue weighted by molar-refractivity contribution is -0.141. The van der Waals surface area contributed by atoms with E-state index in [4.69, 9.17) is 0 Å². The average Bonchev–Trinajstić information content (AvgIpc) is 3.35. The highest BCUT2D eigenvalue weighted by atomic mass is 32.2. The van der Waals surface area contributed by atoms with Crippen LogP contribution in [0.2, 0.25) is 0 Å². The number of hydrogen-bond acceptors (Lipinski definition) is 5. The van der Waals surface area contributed by atoms with Crippen molar-refractivity contribution < 1.29 is 19.8 Å². The summed E-state index contributed by atoms with van der Waals surface area (Å²) in [5.74, 6) is -2.60. The predicted molar refractivity (Wildman–Crippen MR) is 155 cm³/mol. The van der Waals surface area contributed by atoms with E-state index in [0.29, 0.717) is 13.0 Å². The van der Waals surface area contributed by atoms with Crippen molar-refractivity contribution in [1.29, 1.82) is 0 Å². The minimum atomic E-state index is -0.811. The van der Waals surface area contributed by atoms with Crippen molar-refractivity contribution in [2.24, 2.45) is 11.8 Å². The smallest absolute Gasteiger partial charge is 0.308 e. The number of hydrogen-bond donors (Lipinski definition) is 2. The Morgan fingerprint density at radius 2 is 1.68 bits per heavy atom. The number of carboxylic acids is 2. The highest BCUT2D eigenvalue weighted by molar-refractivity contribution is 8.03. The molecule has 1 aromatic heterocycles. The van der Waals surface area contributed by atoms with Crippen molar-refractivity contribution in [1.82, 2.24) is 0 Å². The molecule has 0 aliphatic carbocycles. The molecule has 3 aromatic rings. The lowest BCUT2D eigenvalue weighted by Crippen LogP contribution is -2.28. The lowest BCUT2D eigenvalue weighted by atomic mass is 9.97. The molecule has 0 radical (unpaired) electrons. The van der Waals surface area contributed by atoms with Crippen molar-refractivity contribution in [2.75, 3.05) is 11.4 Å². The number of fused-ring (bicyclic) bond motifs is 2. The Morgan fingerprint density at radius 1 is 1.00 bits per heavy atom. The first-order valence-corrected chi connectivity index (χ1v) is 14.2. The molecular weight excluding hydrogens is 502 g/mol. The normalized spacial score (nSPS) is 16.3. The molecule has 7 heteroatoms. The largest absolute Gasteiger partial charge is 0.481 e. The fourth-order valence-corrected chi connectivity index (χ4v) is 6.75. The molecular formula is C30H33NO4S2. The van der Waals surface area contributed by atoms with Crippen molar-refractivity contribution >= 4 is 56.9 Å². The van der Waals surface area contributed by atoms with Crippen LogP contribution in [0.3, 0.4) is 0 Å². The number of aryl methyl sites for hydroxylation is 2. The van der Waals surface area contributed by atoms with Crippen molar-refractivity contribution in [3.8, 4) is 0 Å². The van der Waals surface area contributed by atoms with Crippen LogP contribution in [0.25, 0.3) is 16.2 Å². The molecule has 2 aromatic carbocycles. The van der Waals surface area contributed by atoms with Crippen LogP contribution in [-0.2, 0) is 16.0 Å². The Bertz CT molecular complexity index is 1420. The molecule has 37 heavy (non-hydrogen) atoms. The Balaban J connectivity index is 1.78. The Labute approximate surface area is 226 Å². The van der Waals surface area contributed by atoms with E-state index in [0.717, 1.165) is 59.3 Å². The van der Waals surface area contributed by atoms with Crippen LogP contribution < -0.4 is 4.90 Å². The molecule has 0 fully saturated rings. The number of carboxylic acid groups (broad SMARTS) is 2. The van der Waals surface area contributed by atoms with E-state index in [1.54, 1.807) is 36.9 Å². The fraction of sp³-hybridized carbons (Fsp3) is 0.333. The van der Waals surface area contributed by atoms with E-state index in [1.165, 1.54) is 0 Å². The van der Waals surface area contributed by atoms with Crippen LogP contribution in [0.15, 0.2) is 58.0 Å². The molecule has 0 amide bonds. The molecule has 0 spiro atoms. The number of anilines is 1. The van der Waals surface area contributed by atoms with Gasteiger partial charge in [-0.1, -0.05) is 56.3 Å². The van der Waals surface area contributed by atoms with Gasteiger partial charge < -0.3 is 15.1 Å². The molecule has 0 saturated carbocycles. The molecule has 1 aliphatic heterocycles. The first-order chi connectivity index (χ1) is 17.6. The second-order valence-electron chi connectivity index (χ2n) is 9.87. The van der Waals surface area contributed by atoms with Gasteiger partial charge in [0.25, 0.3) is 0 Å². The summed E-state index contributed by atoms with van der Waals surface area (Å²) in [6, 6.07) is 12.7. The number of carbonyl (C=O) groups is 2. The average molecular weight is 536 g/mol. The summed E-state index contributed by atoms with van der Waals surface area (Å²) in [7, 11) is 0. The quantitative estimate of drug-likeness (QED) is 0.292. The Hall–Kier alpha value is -3.03. The summed E-state index contributed by atoms with van der Waals surface area (Å²) < 4.78 is 1.16. The number of thioether (sulfide) groups is 1. The van der Waals surface area contributed by atoms with Gasteiger partial charge in [0.1, 0.15) is 0 Å². The van der Waals surface area contributed by atoms with Crippen LogP contribution in [-0.4, -0.2) is 28.7 Å². The zero-order valence-electron chi connectivity index (χ0n) is 21.9. The van der Waals surface area contributed by atoms with E-state index in [2.05, 4.69) is 67.3 Å². The maximum Gasteiger partial charge on any atom is 0.308 e. The van der Waals surface area contributed by atoms with Crippen molar-refractivity contribution in [3.05, 3.63) is 74.6 Å². The van der Waals surface area contributed by atoms with Crippen LogP contribution in [0.4, 0.5) is 5.69 Å². The number of thiophene rings is 1. The lowest BCUT2D eigenvalue weighted by Gasteiger charge is -2.23. The van der Waals surface area contributed by atoms with E-state index in [9.17, 15) is 19.8 Å². The summed E-state index contributed by atoms with van der Waals surface area (Å²) in [6.07, 6.45) is 5.61. The zero-order chi connectivity index (χ0) is 26.9. The molecule has 1 aliphatic rings. The van der Waals surface area contributed by atoms with Gasteiger partial charge in [0, 0.05) is 21.0 Å². The minimum Gasteiger partial charge on any atom is -0.481 e. The maximum absolute atomic E-state index is 11.7. The Kier molecular flexibility index (Phi) is 8.14. The predicted octanol–water partition coefficient (Wildman–Crippen LogP) is 7.75. The van der Waals surface area contributed by atoms with Gasteiger partial charge in [-0.05, 0) is 79.1 Å². The van der Waals surface area contributed by atoms with Crippen LogP contribution >= 0.6 is 23.1 Å². The third kappa shape index (κ3) is 5.94. The van der Waals surface area contributed by atoms with Crippen molar-refractivity contribution in [2.45, 2.75) is 52.4 Å². The van der Waals surface area contributed by atoms with Crippen LogP contribution in [0.1, 0.15) is 48.8 Å². The summed E-state index contributed by atoms with van der Waals surface area (Å²) in [5, 5.41) is 21.3. The van der Waals surface area contributed by atoms with Gasteiger partial charge in [-0.2, -0.15) is 0 Å². The molecule has 2 unspecified atom stereocenters. The van der Waals surface area contributed by atoms with Gasteiger partial charge in [-0.15, -0.1) is 11.3 Å². The van der Waals surface area contributed by atoms with E-state index < -0.39 is 23.8 Å². The van der Waals surface area contributed by atoms with Gasteiger partial charge in [-0.25, -0.2) is 0 Å². The van der Waals surface area contributed by atoms with Crippen LogP contribution in [0, 0.1) is 25.7 Å². The number of aliphatic carboxylic acids is 2. The third-order valence-corrected chi connectivity index (χ3v) is 8.98. The Morgan fingerprint density at radius 3 is 2.35 bits per heavy atom. The minimum absolute atomic E-state index is 0.394. The molecule has 4 rings (SSSR count). The fourth-order valence-electron chi connectivity index (χ4n) is 4.43. The van der Waals surface area contributed by atoms with Crippen molar-refractivity contribution in [3.63, 3.8) is 0 Å². The molecule has 2 heterocycles. The molecule has 2 N–H and O–H groups in total. The molecule has 5 nitrogen and oxygen atoms in total. The van der Waals surface area contributed by atoms with Gasteiger partial charge in [0.05, 0.1) is 22.6 Å². The highest BCUT2D eigenvalue weighted by Crippen LogP contribution is 2.47. The first-order valence-electron chi connectivity index (χ1n) is 12.5. The maximum atomic E-state index is 11.7. The van der Waals surface area contributed by atoms with Gasteiger partial charge in [0.15, 0.2) is 0 Å². The third-order valence-electron chi connectivity index (χ3n) is 6.71. The van der Waals surface area contributed by atoms with Gasteiger partial charge in [-0.3, -0.25) is 9.59 Å². The van der Waals surface area contributed by atoms with Gasteiger partial charge in [0.2, 0.25) is 0 Å². The number of rotatable bonds is 9. The standard InChI is InChI=1S/C30H33NO4S2/c1-6-21(14-27-23(13-19(4)29(32)33)22-11-17(2)7-9-25(22)36-27)15-28-31(16-20(5)30(34)35)24-12-18(3)8-10-26(24)37-28/h7-12,14-15,19-20H,6,13,16H2,1-5H3,(H,32,33)(H,34,35)/b21-14+,28-15-.